The van der Waals surface area contributed by atoms with Gasteiger partial charge in [-0.15, -0.1) is 0 Å². The maximum absolute atomic E-state index is 4.96. The van der Waals surface area contributed by atoms with Crippen LogP contribution in [0, 0.1) is 0 Å². The minimum atomic E-state index is 0.790. The number of thioether (sulfide) groups is 1. The van der Waals surface area contributed by atoms with Crippen molar-refractivity contribution in [2.24, 2.45) is 4.99 Å². The summed E-state index contributed by atoms with van der Waals surface area (Å²) in [6.07, 6.45) is 0. The van der Waals surface area contributed by atoms with Gasteiger partial charge < -0.3 is 4.57 Å². The molecule has 5 heteroatoms. The molecule has 0 fully saturated rings. The highest BCUT2D eigenvalue weighted by Gasteiger charge is 2.21. The highest BCUT2D eigenvalue weighted by molar-refractivity contribution is 8.13. The number of anilines is 1. The van der Waals surface area contributed by atoms with Crippen LogP contribution in [0.25, 0.3) is 10.9 Å². The summed E-state index contributed by atoms with van der Waals surface area (Å²) in [7, 11) is 0. The smallest absolute Gasteiger partial charge is 0.182 e. The van der Waals surface area contributed by atoms with Crippen molar-refractivity contribution in [2.45, 2.75) is 12.3 Å². The van der Waals surface area contributed by atoms with Crippen molar-refractivity contribution in [3.05, 3.63) is 96.1 Å². The minimum Gasteiger partial charge on any atom is -0.319 e. The van der Waals surface area contributed by atoms with Gasteiger partial charge in [-0.25, -0.2) is 4.99 Å². The Morgan fingerprint density at radius 1 is 0.750 bits per heavy atom. The van der Waals surface area contributed by atoms with Gasteiger partial charge in [0, 0.05) is 17.7 Å². The maximum atomic E-state index is 4.96. The van der Waals surface area contributed by atoms with Crippen LogP contribution in [0.15, 0.2) is 89.9 Å². The fourth-order valence-electron chi connectivity index (χ4n) is 3.49. The van der Waals surface area contributed by atoms with Gasteiger partial charge in [-0.05, 0) is 17.2 Å². The zero-order valence-electron chi connectivity index (χ0n) is 15.3. The number of fused-ring (bicyclic) bond motifs is 3. The van der Waals surface area contributed by atoms with E-state index >= 15 is 0 Å². The Morgan fingerprint density at radius 3 is 2.21 bits per heavy atom. The highest BCUT2D eigenvalue weighted by atomic mass is 32.2. The summed E-state index contributed by atoms with van der Waals surface area (Å²) >= 11 is 1.70. The van der Waals surface area contributed by atoms with E-state index in [9.17, 15) is 0 Å². The van der Waals surface area contributed by atoms with E-state index in [1.165, 1.54) is 22.0 Å². The molecule has 1 aromatic heterocycles. The Labute approximate surface area is 168 Å². The molecule has 1 aliphatic heterocycles. The first-order valence-electron chi connectivity index (χ1n) is 9.31. The summed E-state index contributed by atoms with van der Waals surface area (Å²) < 4.78 is 2.29. The summed E-state index contributed by atoms with van der Waals surface area (Å²) in [6, 6.07) is 29.4. The molecule has 0 spiro atoms. The number of para-hydroxylation sites is 1. The molecule has 4 aromatic rings. The molecular weight excluding hydrogens is 364 g/mol. The second-order valence-corrected chi connectivity index (χ2v) is 7.69. The van der Waals surface area contributed by atoms with E-state index in [1.54, 1.807) is 11.8 Å². The predicted octanol–water partition coefficient (Wildman–Crippen LogP) is 5.54. The van der Waals surface area contributed by atoms with Gasteiger partial charge in [0.25, 0.3) is 0 Å². The number of amidine groups is 1. The van der Waals surface area contributed by atoms with E-state index in [4.69, 9.17) is 4.99 Å². The number of aromatic nitrogens is 1. The zero-order chi connectivity index (χ0) is 18.8. The van der Waals surface area contributed by atoms with Gasteiger partial charge >= 0.3 is 0 Å². The van der Waals surface area contributed by atoms with E-state index in [2.05, 4.69) is 94.3 Å². The number of benzene rings is 3. The van der Waals surface area contributed by atoms with E-state index in [0.717, 1.165) is 29.0 Å². The van der Waals surface area contributed by atoms with Gasteiger partial charge in [0.2, 0.25) is 0 Å². The van der Waals surface area contributed by atoms with Gasteiger partial charge in [0.1, 0.15) is 5.69 Å². The molecule has 0 saturated carbocycles. The van der Waals surface area contributed by atoms with Gasteiger partial charge in [-0.3, -0.25) is 10.9 Å². The topological polar surface area (TPSA) is 41.4 Å². The number of hydrogen-bond acceptors (Lipinski definition) is 4. The van der Waals surface area contributed by atoms with Crippen LogP contribution in [0.4, 0.5) is 11.5 Å². The number of hydrazine groups is 1. The van der Waals surface area contributed by atoms with Crippen molar-refractivity contribution in [3.8, 4) is 0 Å². The molecule has 3 aromatic carbocycles. The largest absolute Gasteiger partial charge is 0.319 e. The van der Waals surface area contributed by atoms with Gasteiger partial charge in [-0.2, -0.15) is 0 Å². The summed E-state index contributed by atoms with van der Waals surface area (Å²) in [5.41, 5.74) is 11.4. The van der Waals surface area contributed by atoms with Crippen LogP contribution in [0.1, 0.15) is 11.1 Å². The van der Waals surface area contributed by atoms with Crippen molar-refractivity contribution >= 4 is 39.3 Å². The van der Waals surface area contributed by atoms with Crippen molar-refractivity contribution < 1.29 is 0 Å². The Kier molecular flexibility index (Phi) is 4.51. The summed E-state index contributed by atoms with van der Waals surface area (Å²) in [6.45, 7) is 0.790. The number of nitrogens with zero attached hydrogens (tertiary/aromatic N) is 2. The minimum absolute atomic E-state index is 0.790. The average Bonchev–Trinajstić information content (AvgIpc) is 3.07. The second-order valence-electron chi connectivity index (χ2n) is 6.73. The Morgan fingerprint density at radius 2 is 1.43 bits per heavy atom. The molecule has 138 valence electrons. The highest BCUT2D eigenvalue weighted by Crippen LogP contribution is 2.39. The molecule has 5 rings (SSSR count). The molecule has 0 saturated heterocycles. The molecule has 0 aliphatic carbocycles. The molecule has 2 N–H and O–H groups in total. The fourth-order valence-corrected chi connectivity index (χ4v) is 4.26. The summed E-state index contributed by atoms with van der Waals surface area (Å²) in [5.74, 6) is 1.85. The molecule has 0 atom stereocenters. The Bertz CT molecular complexity index is 1130. The molecule has 2 heterocycles. The van der Waals surface area contributed by atoms with Gasteiger partial charge in [-0.1, -0.05) is 90.6 Å². The summed E-state index contributed by atoms with van der Waals surface area (Å²) in [5, 5.41) is 2.06. The van der Waals surface area contributed by atoms with Crippen LogP contribution in [0.3, 0.4) is 0 Å². The van der Waals surface area contributed by atoms with Crippen LogP contribution >= 0.6 is 11.8 Å². The van der Waals surface area contributed by atoms with Crippen molar-refractivity contribution in [3.63, 3.8) is 0 Å². The fraction of sp³-hybridized carbons (Fsp3) is 0.0870. The number of nitrogens with one attached hydrogen (secondary N) is 2. The SMILES string of the molecule is c1ccc(CSC2=Nc3c(c4ccccc4n3Cc3ccccc3)NN2)cc1. The lowest BCUT2D eigenvalue weighted by Crippen LogP contribution is -2.29. The third-order valence-electron chi connectivity index (χ3n) is 4.85. The first kappa shape index (κ1) is 17.0. The quantitative estimate of drug-likeness (QED) is 0.485. The van der Waals surface area contributed by atoms with Crippen LogP contribution in [0.2, 0.25) is 0 Å². The van der Waals surface area contributed by atoms with Crippen molar-refractivity contribution in [2.75, 3.05) is 5.43 Å². The second kappa shape index (κ2) is 7.44. The monoisotopic (exact) mass is 384 g/mol. The third kappa shape index (κ3) is 3.25. The standard InChI is InChI=1S/C23H20N4S/c1-3-9-17(10-4-1)15-27-20-14-8-7-13-19(20)21-22(27)24-23(26-25-21)28-16-18-11-5-2-6-12-18/h1-14,25H,15-16H2,(H,24,26). The molecule has 0 amide bonds. The lowest BCUT2D eigenvalue weighted by Gasteiger charge is -2.18. The molecule has 0 bridgehead atoms. The van der Waals surface area contributed by atoms with Crippen molar-refractivity contribution in [1.29, 1.82) is 0 Å². The first-order chi connectivity index (χ1) is 13.9. The lowest BCUT2D eigenvalue weighted by molar-refractivity contribution is 0.834. The Balaban J connectivity index is 1.51. The van der Waals surface area contributed by atoms with Crippen LogP contribution in [-0.2, 0) is 12.3 Å². The van der Waals surface area contributed by atoms with Crippen LogP contribution in [-0.4, -0.2) is 9.73 Å². The van der Waals surface area contributed by atoms with Gasteiger partial charge in [0.05, 0.1) is 5.52 Å². The molecular formula is C23H20N4S. The van der Waals surface area contributed by atoms with E-state index < -0.39 is 0 Å². The normalized spacial score (nSPS) is 12.8. The van der Waals surface area contributed by atoms with Crippen LogP contribution < -0.4 is 10.9 Å². The maximum Gasteiger partial charge on any atom is 0.182 e. The van der Waals surface area contributed by atoms with E-state index in [-0.39, 0.29) is 0 Å². The number of aliphatic imine (C=N–C) groups is 1. The average molecular weight is 385 g/mol. The summed E-state index contributed by atoms with van der Waals surface area (Å²) in [4.78, 5) is 4.96. The number of rotatable bonds is 4. The van der Waals surface area contributed by atoms with Crippen LogP contribution in [0.5, 0.6) is 0 Å². The van der Waals surface area contributed by atoms with E-state index in [0.29, 0.717) is 0 Å². The Hall–Kier alpha value is -3.18. The molecule has 4 nitrogen and oxygen atoms in total. The lowest BCUT2D eigenvalue weighted by atomic mass is 10.2. The third-order valence-corrected chi connectivity index (χ3v) is 5.79. The molecule has 1 aliphatic rings. The predicted molar refractivity (Wildman–Crippen MR) is 119 cm³/mol. The molecule has 28 heavy (non-hydrogen) atoms. The molecule has 0 unspecified atom stereocenters. The molecule has 0 radical (unpaired) electrons. The van der Waals surface area contributed by atoms with Gasteiger partial charge in [0.15, 0.2) is 11.0 Å². The number of hydrogen-bond donors (Lipinski definition) is 2. The van der Waals surface area contributed by atoms with E-state index in [1.807, 2.05) is 6.07 Å². The first-order valence-corrected chi connectivity index (χ1v) is 10.3. The van der Waals surface area contributed by atoms with Crippen molar-refractivity contribution in [1.82, 2.24) is 9.99 Å². The zero-order valence-corrected chi connectivity index (χ0v) is 16.1.